The Kier molecular flexibility index (Phi) is 2.92. The zero-order chi connectivity index (χ0) is 10.9. The van der Waals surface area contributed by atoms with Crippen LogP contribution in [-0.2, 0) is 5.54 Å². The van der Waals surface area contributed by atoms with Crippen LogP contribution in [0.1, 0.15) is 19.4 Å². The van der Waals surface area contributed by atoms with Crippen molar-refractivity contribution in [1.82, 2.24) is 0 Å². The molecule has 14 heavy (non-hydrogen) atoms. The molecule has 0 atom stereocenters. The van der Waals surface area contributed by atoms with E-state index in [-0.39, 0.29) is 5.69 Å². The van der Waals surface area contributed by atoms with Crippen molar-refractivity contribution in [1.29, 1.82) is 0 Å². The Balaban J connectivity index is 3.35. The van der Waals surface area contributed by atoms with Crippen LogP contribution >= 0.6 is 15.9 Å². The van der Waals surface area contributed by atoms with E-state index in [9.17, 15) is 10.1 Å². The van der Waals surface area contributed by atoms with Gasteiger partial charge in [-0.05, 0) is 35.3 Å². The topological polar surface area (TPSA) is 69.2 Å². The molecule has 0 aliphatic heterocycles. The molecule has 5 heteroatoms. The molecule has 0 fully saturated rings. The molecule has 1 rings (SSSR count). The summed E-state index contributed by atoms with van der Waals surface area (Å²) in [6, 6.07) is 4.85. The Morgan fingerprint density at radius 3 is 2.50 bits per heavy atom. The molecule has 2 N–H and O–H groups in total. The quantitative estimate of drug-likeness (QED) is 0.655. The van der Waals surface area contributed by atoms with Crippen LogP contribution in [0.5, 0.6) is 0 Å². The van der Waals surface area contributed by atoms with Gasteiger partial charge in [0.2, 0.25) is 0 Å². The standard InChI is InChI=1S/C9H11BrN2O2/c1-9(2,11)6-4-3-5-7(8(6)10)12(13)14/h3-5H,11H2,1-2H3. The van der Waals surface area contributed by atoms with Crippen molar-refractivity contribution in [2.24, 2.45) is 5.73 Å². The number of nitro groups is 1. The molecule has 0 spiro atoms. The Hall–Kier alpha value is -0.940. The normalized spacial score (nSPS) is 11.4. The van der Waals surface area contributed by atoms with E-state index in [4.69, 9.17) is 5.73 Å². The van der Waals surface area contributed by atoms with E-state index in [0.29, 0.717) is 4.47 Å². The fraction of sp³-hybridized carbons (Fsp3) is 0.333. The molecule has 0 bridgehead atoms. The summed E-state index contributed by atoms with van der Waals surface area (Å²) >= 11 is 3.20. The molecule has 0 aromatic heterocycles. The van der Waals surface area contributed by atoms with E-state index < -0.39 is 10.5 Å². The van der Waals surface area contributed by atoms with Crippen LogP contribution in [0, 0.1) is 10.1 Å². The van der Waals surface area contributed by atoms with Gasteiger partial charge in [-0.2, -0.15) is 0 Å². The van der Waals surface area contributed by atoms with Gasteiger partial charge in [0.1, 0.15) is 4.47 Å². The van der Waals surface area contributed by atoms with Crippen LogP contribution < -0.4 is 5.73 Å². The van der Waals surface area contributed by atoms with Crippen LogP contribution in [0.2, 0.25) is 0 Å². The minimum Gasteiger partial charge on any atom is -0.322 e. The predicted molar refractivity (Wildman–Crippen MR) is 58.0 cm³/mol. The lowest BCUT2D eigenvalue weighted by molar-refractivity contribution is -0.385. The Morgan fingerprint density at radius 2 is 2.07 bits per heavy atom. The number of rotatable bonds is 2. The van der Waals surface area contributed by atoms with Gasteiger partial charge >= 0.3 is 0 Å². The van der Waals surface area contributed by atoms with E-state index in [2.05, 4.69) is 15.9 Å². The monoisotopic (exact) mass is 258 g/mol. The van der Waals surface area contributed by atoms with Crippen LogP contribution in [0.15, 0.2) is 22.7 Å². The average molecular weight is 259 g/mol. The first-order valence-electron chi connectivity index (χ1n) is 4.06. The van der Waals surface area contributed by atoms with Crippen LogP contribution in [0.3, 0.4) is 0 Å². The molecular formula is C9H11BrN2O2. The minimum atomic E-state index is -0.592. The minimum absolute atomic E-state index is 0.0426. The van der Waals surface area contributed by atoms with Crippen molar-refractivity contribution in [2.45, 2.75) is 19.4 Å². The lowest BCUT2D eigenvalue weighted by Gasteiger charge is -2.20. The number of hydrogen-bond acceptors (Lipinski definition) is 3. The second-order valence-electron chi connectivity index (χ2n) is 3.62. The van der Waals surface area contributed by atoms with Gasteiger partial charge in [-0.1, -0.05) is 12.1 Å². The first-order valence-corrected chi connectivity index (χ1v) is 4.85. The Labute approximate surface area is 90.4 Å². The molecular weight excluding hydrogens is 248 g/mol. The third kappa shape index (κ3) is 2.10. The summed E-state index contributed by atoms with van der Waals surface area (Å²) < 4.78 is 0.456. The molecule has 0 aliphatic carbocycles. The molecule has 1 aromatic rings. The van der Waals surface area contributed by atoms with Gasteiger partial charge in [0.15, 0.2) is 0 Å². The predicted octanol–water partition coefficient (Wildman–Crippen LogP) is 2.55. The highest BCUT2D eigenvalue weighted by Crippen LogP contribution is 2.33. The van der Waals surface area contributed by atoms with Crippen LogP contribution in [0.25, 0.3) is 0 Å². The molecule has 76 valence electrons. The first-order chi connectivity index (χ1) is 6.34. The van der Waals surface area contributed by atoms with Crippen molar-refractivity contribution in [3.05, 3.63) is 38.3 Å². The zero-order valence-corrected chi connectivity index (χ0v) is 9.54. The number of nitrogens with zero attached hydrogens (tertiary/aromatic N) is 1. The summed E-state index contributed by atoms with van der Waals surface area (Å²) in [6.07, 6.45) is 0. The maximum absolute atomic E-state index is 10.6. The second-order valence-corrected chi connectivity index (χ2v) is 4.41. The van der Waals surface area contributed by atoms with Gasteiger partial charge < -0.3 is 5.73 Å². The smallest absolute Gasteiger partial charge is 0.283 e. The van der Waals surface area contributed by atoms with E-state index in [1.54, 1.807) is 26.0 Å². The maximum atomic E-state index is 10.6. The largest absolute Gasteiger partial charge is 0.322 e. The Bertz CT molecular complexity index is 372. The second kappa shape index (κ2) is 3.67. The van der Waals surface area contributed by atoms with Gasteiger partial charge in [-0.25, -0.2) is 0 Å². The average Bonchev–Trinajstić information content (AvgIpc) is 2.01. The summed E-state index contributed by atoms with van der Waals surface area (Å²) in [5.41, 5.74) is 6.05. The van der Waals surface area contributed by atoms with Crippen molar-refractivity contribution in [3.63, 3.8) is 0 Å². The fourth-order valence-electron chi connectivity index (χ4n) is 1.16. The number of halogens is 1. The molecule has 0 saturated carbocycles. The van der Waals surface area contributed by atoms with Crippen molar-refractivity contribution in [3.8, 4) is 0 Å². The summed E-state index contributed by atoms with van der Waals surface area (Å²) in [7, 11) is 0. The third-order valence-corrected chi connectivity index (χ3v) is 2.70. The number of benzene rings is 1. The van der Waals surface area contributed by atoms with Crippen LogP contribution in [-0.4, -0.2) is 4.92 Å². The van der Waals surface area contributed by atoms with Crippen molar-refractivity contribution >= 4 is 21.6 Å². The molecule has 0 saturated heterocycles. The molecule has 1 aromatic carbocycles. The number of nitrogens with two attached hydrogens (primary N) is 1. The van der Waals surface area contributed by atoms with Gasteiger partial charge in [0.05, 0.1) is 4.92 Å². The van der Waals surface area contributed by atoms with Crippen LogP contribution in [0.4, 0.5) is 5.69 Å². The molecule has 0 heterocycles. The fourth-order valence-corrected chi connectivity index (χ4v) is 2.08. The SMILES string of the molecule is CC(C)(N)c1cccc([N+](=O)[O-])c1Br. The first kappa shape index (κ1) is 11.1. The molecule has 0 amide bonds. The third-order valence-electron chi connectivity index (χ3n) is 1.87. The zero-order valence-electron chi connectivity index (χ0n) is 7.95. The highest BCUT2D eigenvalue weighted by Gasteiger charge is 2.23. The number of hydrogen-bond donors (Lipinski definition) is 1. The molecule has 0 unspecified atom stereocenters. The highest BCUT2D eigenvalue weighted by atomic mass is 79.9. The van der Waals surface area contributed by atoms with E-state index in [1.165, 1.54) is 6.07 Å². The van der Waals surface area contributed by atoms with Gasteiger partial charge in [-0.15, -0.1) is 0 Å². The van der Waals surface area contributed by atoms with Gasteiger partial charge in [-0.3, -0.25) is 10.1 Å². The van der Waals surface area contributed by atoms with Gasteiger partial charge in [0, 0.05) is 11.6 Å². The highest BCUT2D eigenvalue weighted by molar-refractivity contribution is 9.10. The summed E-state index contributed by atoms with van der Waals surface area (Å²) in [4.78, 5) is 10.2. The summed E-state index contributed by atoms with van der Waals surface area (Å²) in [5, 5.41) is 10.6. The van der Waals surface area contributed by atoms with E-state index in [0.717, 1.165) is 5.56 Å². The molecule has 4 nitrogen and oxygen atoms in total. The number of nitro benzene ring substituents is 1. The lowest BCUT2D eigenvalue weighted by atomic mass is 9.95. The molecule has 0 radical (unpaired) electrons. The van der Waals surface area contributed by atoms with E-state index >= 15 is 0 Å². The summed E-state index contributed by atoms with van der Waals surface area (Å²) in [6.45, 7) is 3.60. The lowest BCUT2D eigenvalue weighted by Crippen LogP contribution is -2.29. The maximum Gasteiger partial charge on any atom is 0.283 e. The van der Waals surface area contributed by atoms with E-state index in [1.807, 2.05) is 0 Å². The van der Waals surface area contributed by atoms with Crippen molar-refractivity contribution in [2.75, 3.05) is 0 Å². The Morgan fingerprint density at radius 1 is 1.50 bits per heavy atom. The van der Waals surface area contributed by atoms with Crippen molar-refractivity contribution < 1.29 is 4.92 Å². The van der Waals surface area contributed by atoms with Gasteiger partial charge in [0.25, 0.3) is 5.69 Å². The molecule has 0 aliphatic rings. The summed E-state index contributed by atoms with van der Waals surface area (Å²) in [5.74, 6) is 0.